The van der Waals surface area contributed by atoms with Crippen molar-refractivity contribution in [3.63, 3.8) is 0 Å². The molecule has 0 saturated heterocycles. The summed E-state index contributed by atoms with van der Waals surface area (Å²) in [4.78, 5) is 24.2. The number of hydrogen-bond acceptors (Lipinski definition) is 4. The summed E-state index contributed by atoms with van der Waals surface area (Å²) in [5, 5.41) is 8.82. The quantitative estimate of drug-likeness (QED) is 0.571. The molecule has 28 heavy (non-hydrogen) atoms. The fourth-order valence-corrected chi connectivity index (χ4v) is 2.85. The standard InChI is InChI=1S/C20H22ClN3O3S/c1-3-4-8-18(25)22-14-6-5-7-15(12-14)23-20(28)24-19(26)13-9-10-17(27-2)16(21)11-13/h5-7,9-12H,3-4,8H2,1-2H3,(H,22,25)(H2,23,24,26,28). The zero-order chi connectivity index (χ0) is 20.5. The van der Waals surface area contributed by atoms with Gasteiger partial charge in [0.2, 0.25) is 5.91 Å². The topological polar surface area (TPSA) is 79.5 Å². The molecule has 2 aromatic rings. The number of thiocarbonyl (C=S) groups is 1. The number of methoxy groups -OCH3 is 1. The average Bonchev–Trinajstić information content (AvgIpc) is 2.66. The molecule has 0 aliphatic carbocycles. The smallest absolute Gasteiger partial charge is 0.257 e. The predicted molar refractivity (Wildman–Crippen MR) is 116 cm³/mol. The highest BCUT2D eigenvalue weighted by Gasteiger charge is 2.11. The third kappa shape index (κ3) is 6.51. The van der Waals surface area contributed by atoms with Gasteiger partial charge in [-0.2, -0.15) is 0 Å². The Hall–Kier alpha value is -2.64. The van der Waals surface area contributed by atoms with E-state index in [-0.39, 0.29) is 11.0 Å². The number of anilines is 2. The predicted octanol–water partition coefficient (Wildman–Crippen LogP) is 4.60. The highest BCUT2D eigenvalue weighted by molar-refractivity contribution is 7.80. The van der Waals surface area contributed by atoms with E-state index in [1.807, 2.05) is 6.92 Å². The summed E-state index contributed by atoms with van der Waals surface area (Å²) in [5.41, 5.74) is 1.65. The fraction of sp³-hybridized carbons (Fsp3) is 0.250. The Labute approximate surface area is 174 Å². The number of benzene rings is 2. The first-order valence-corrected chi connectivity index (χ1v) is 9.57. The van der Waals surface area contributed by atoms with Gasteiger partial charge in [0.1, 0.15) is 5.75 Å². The molecule has 0 atom stereocenters. The van der Waals surface area contributed by atoms with Gasteiger partial charge in [-0.25, -0.2) is 0 Å². The first kappa shape index (κ1) is 21.7. The lowest BCUT2D eigenvalue weighted by molar-refractivity contribution is -0.116. The van der Waals surface area contributed by atoms with Crippen LogP contribution >= 0.6 is 23.8 Å². The number of halogens is 1. The van der Waals surface area contributed by atoms with Crippen LogP contribution in [-0.4, -0.2) is 24.0 Å². The first-order chi connectivity index (χ1) is 13.4. The molecular weight excluding hydrogens is 398 g/mol. The van der Waals surface area contributed by atoms with Crippen LogP contribution in [0.15, 0.2) is 42.5 Å². The molecule has 0 heterocycles. The number of ether oxygens (including phenoxy) is 1. The largest absolute Gasteiger partial charge is 0.495 e. The Morgan fingerprint density at radius 2 is 1.82 bits per heavy atom. The van der Waals surface area contributed by atoms with Gasteiger partial charge in [0, 0.05) is 23.4 Å². The third-order valence-electron chi connectivity index (χ3n) is 3.80. The van der Waals surface area contributed by atoms with Crippen LogP contribution < -0.4 is 20.7 Å². The lowest BCUT2D eigenvalue weighted by atomic mass is 10.2. The van der Waals surface area contributed by atoms with E-state index in [0.29, 0.717) is 34.1 Å². The summed E-state index contributed by atoms with van der Waals surface area (Å²) in [5.74, 6) is 0.0501. The van der Waals surface area contributed by atoms with Crippen LogP contribution in [0.4, 0.5) is 11.4 Å². The summed E-state index contributed by atoms with van der Waals surface area (Å²) < 4.78 is 5.07. The van der Waals surface area contributed by atoms with Gasteiger partial charge in [0.15, 0.2) is 5.11 Å². The molecule has 0 aliphatic rings. The molecule has 0 saturated carbocycles. The van der Waals surface area contributed by atoms with Crippen LogP contribution in [0.1, 0.15) is 36.5 Å². The highest BCUT2D eigenvalue weighted by Crippen LogP contribution is 2.24. The van der Waals surface area contributed by atoms with Gasteiger partial charge in [-0.15, -0.1) is 0 Å². The molecule has 8 heteroatoms. The second-order valence-corrected chi connectivity index (χ2v) is 6.81. The van der Waals surface area contributed by atoms with E-state index < -0.39 is 5.91 Å². The van der Waals surface area contributed by atoms with Crippen LogP contribution in [0.5, 0.6) is 5.75 Å². The van der Waals surface area contributed by atoms with Gasteiger partial charge in [-0.3, -0.25) is 14.9 Å². The molecule has 2 amide bonds. The number of unbranched alkanes of at least 4 members (excludes halogenated alkanes) is 1. The van der Waals surface area contributed by atoms with Crippen LogP contribution in [0, 0.1) is 0 Å². The van der Waals surface area contributed by atoms with Crippen molar-refractivity contribution in [2.45, 2.75) is 26.2 Å². The van der Waals surface area contributed by atoms with Crippen molar-refractivity contribution in [2.24, 2.45) is 0 Å². The molecule has 3 N–H and O–H groups in total. The number of carbonyl (C=O) groups is 2. The lowest BCUT2D eigenvalue weighted by Gasteiger charge is -2.12. The minimum atomic E-state index is -0.397. The molecule has 2 aromatic carbocycles. The zero-order valence-electron chi connectivity index (χ0n) is 15.7. The number of rotatable bonds is 7. The summed E-state index contributed by atoms with van der Waals surface area (Å²) >= 11 is 11.2. The molecule has 0 bridgehead atoms. The Balaban J connectivity index is 1.95. The Morgan fingerprint density at radius 3 is 2.46 bits per heavy atom. The third-order valence-corrected chi connectivity index (χ3v) is 4.30. The summed E-state index contributed by atoms with van der Waals surface area (Å²) in [6.07, 6.45) is 2.28. The number of amides is 2. The monoisotopic (exact) mass is 419 g/mol. The molecule has 6 nitrogen and oxygen atoms in total. The Morgan fingerprint density at radius 1 is 1.11 bits per heavy atom. The molecular formula is C20H22ClN3O3S. The van der Waals surface area contributed by atoms with E-state index in [2.05, 4.69) is 16.0 Å². The molecule has 0 aliphatic heterocycles. The minimum Gasteiger partial charge on any atom is -0.495 e. The van der Waals surface area contributed by atoms with Crippen molar-refractivity contribution in [1.82, 2.24) is 5.32 Å². The van der Waals surface area contributed by atoms with Gasteiger partial charge < -0.3 is 15.4 Å². The molecule has 0 unspecified atom stereocenters. The van der Waals surface area contributed by atoms with Gasteiger partial charge in [-0.1, -0.05) is 31.0 Å². The van der Waals surface area contributed by atoms with Gasteiger partial charge >= 0.3 is 0 Å². The van der Waals surface area contributed by atoms with E-state index in [4.69, 9.17) is 28.6 Å². The summed E-state index contributed by atoms with van der Waals surface area (Å²) in [6, 6.07) is 11.8. The second-order valence-electron chi connectivity index (χ2n) is 5.99. The molecule has 0 radical (unpaired) electrons. The average molecular weight is 420 g/mol. The van der Waals surface area contributed by atoms with Crippen LogP contribution in [-0.2, 0) is 4.79 Å². The van der Waals surface area contributed by atoms with Gasteiger partial charge in [0.05, 0.1) is 12.1 Å². The maximum absolute atomic E-state index is 12.3. The SMILES string of the molecule is CCCCC(=O)Nc1cccc(NC(=S)NC(=O)c2ccc(OC)c(Cl)c2)c1. The van der Waals surface area contributed by atoms with E-state index in [1.54, 1.807) is 36.4 Å². The van der Waals surface area contributed by atoms with Crippen molar-refractivity contribution in [1.29, 1.82) is 0 Å². The van der Waals surface area contributed by atoms with Crippen molar-refractivity contribution >= 4 is 52.1 Å². The van der Waals surface area contributed by atoms with E-state index in [0.717, 1.165) is 12.8 Å². The van der Waals surface area contributed by atoms with Gasteiger partial charge in [0.25, 0.3) is 5.91 Å². The van der Waals surface area contributed by atoms with Crippen molar-refractivity contribution in [2.75, 3.05) is 17.7 Å². The maximum atomic E-state index is 12.3. The summed E-state index contributed by atoms with van der Waals surface area (Å²) in [7, 11) is 1.50. The van der Waals surface area contributed by atoms with Crippen LogP contribution in [0.3, 0.4) is 0 Å². The Bertz CT molecular complexity index is 874. The number of nitrogens with one attached hydrogen (secondary N) is 3. The molecule has 0 fully saturated rings. The zero-order valence-corrected chi connectivity index (χ0v) is 17.2. The number of hydrogen-bond donors (Lipinski definition) is 3. The Kier molecular flexibility index (Phi) is 8.22. The van der Waals surface area contributed by atoms with E-state index in [9.17, 15) is 9.59 Å². The molecule has 2 rings (SSSR count). The molecule has 0 aromatic heterocycles. The number of carbonyl (C=O) groups excluding carboxylic acids is 2. The first-order valence-electron chi connectivity index (χ1n) is 8.78. The second kappa shape index (κ2) is 10.6. The highest BCUT2D eigenvalue weighted by atomic mass is 35.5. The van der Waals surface area contributed by atoms with E-state index in [1.165, 1.54) is 13.2 Å². The van der Waals surface area contributed by atoms with Crippen LogP contribution in [0.2, 0.25) is 5.02 Å². The van der Waals surface area contributed by atoms with Crippen molar-refractivity contribution in [3.8, 4) is 5.75 Å². The van der Waals surface area contributed by atoms with Crippen molar-refractivity contribution in [3.05, 3.63) is 53.1 Å². The maximum Gasteiger partial charge on any atom is 0.257 e. The summed E-state index contributed by atoms with van der Waals surface area (Å²) in [6.45, 7) is 2.03. The molecule has 0 spiro atoms. The van der Waals surface area contributed by atoms with E-state index >= 15 is 0 Å². The minimum absolute atomic E-state index is 0.0359. The normalized spacial score (nSPS) is 10.1. The van der Waals surface area contributed by atoms with Gasteiger partial charge in [-0.05, 0) is 55.0 Å². The molecule has 148 valence electrons. The lowest BCUT2D eigenvalue weighted by Crippen LogP contribution is -2.34. The fourth-order valence-electron chi connectivity index (χ4n) is 2.38. The van der Waals surface area contributed by atoms with Crippen molar-refractivity contribution < 1.29 is 14.3 Å². The van der Waals surface area contributed by atoms with Crippen LogP contribution in [0.25, 0.3) is 0 Å².